The highest BCUT2D eigenvalue weighted by atomic mass is 14.5. The third kappa shape index (κ3) is 15.7. The number of hydrogen-bond donors (Lipinski definition) is 1. The van der Waals surface area contributed by atoms with E-state index in [1.807, 2.05) is 0 Å². The van der Waals surface area contributed by atoms with Gasteiger partial charge >= 0.3 is 0 Å². The first-order chi connectivity index (χ1) is 8.77. The molecule has 0 heterocycles. The quantitative estimate of drug-likeness (QED) is 0.343. The number of hydrogen-bond acceptors (Lipinski definition) is 1. The average molecular weight is 253 g/mol. The van der Waals surface area contributed by atoms with Gasteiger partial charge in [-0.25, -0.2) is 0 Å². The van der Waals surface area contributed by atoms with Crippen LogP contribution in [0.4, 0.5) is 0 Å². The lowest BCUT2D eigenvalue weighted by molar-refractivity contribution is 0.506. The van der Waals surface area contributed by atoms with Gasteiger partial charge in [-0.15, -0.1) is 0 Å². The lowest BCUT2D eigenvalue weighted by Gasteiger charge is -2.04. The van der Waals surface area contributed by atoms with Crippen molar-refractivity contribution in [3.8, 4) is 0 Å². The molecule has 0 aromatic rings. The molecule has 0 atom stereocenters. The van der Waals surface area contributed by atoms with E-state index in [2.05, 4.69) is 26.0 Å². The van der Waals surface area contributed by atoms with E-state index in [1.165, 1.54) is 70.6 Å². The van der Waals surface area contributed by atoms with Crippen molar-refractivity contribution in [2.24, 2.45) is 11.7 Å². The van der Waals surface area contributed by atoms with Crippen LogP contribution in [0.1, 0.15) is 84.5 Å². The lowest BCUT2D eigenvalue weighted by atomic mass is 10.0. The number of unbranched alkanes of at least 4 members (excludes halogenated alkanes) is 9. The molecule has 0 aliphatic heterocycles. The van der Waals surface area contributed by atoms with Crippen molar-refractivity contribution >= 4 is 0 Å². The van der Waals surface area contributed by atoms with Crippen molar-refractivity contribution in [2.45, 2.75) is 84.5 Å². The predicted molar refractivity (Wildman–Crippen MR) is 83.8 cm³/mol. The highest BCUT2D eigenvalue weighted by Crippen LogP contribution is 2.13. The minimum Gasteiger partial charge on any atom is -0.327 e. The van der Waals surface area contributed by atoms with Gasteiger partial charge in [0.2, 0.25) is 0 Å². The Labute approximate surface area is 115 Å². The molecular weight excluding hydrogens is 218 g/mol. The molecule has 0 saturated heterocycles. The molecule has 0 bridgehead atoms. The van der Waals surface area contributed by atoms with Gasteiger partial charge < -0.3 is 5.73 Å². The molecule has 18 heavy (non-hydrogen) atoms. The van der Waals surface area contributed by atoms with Gasteiger partial charge in [-0.1, -0.05) is 83.8 Å². The van der Waals surface area contributed by atoms with Gasteiger partial charge in [0.05, 0.1) is 0 Å². The topological polar surface area (TPSA) is 26.0 Å². The van der Waals surface area contributed by atoms with Crippen LogP contribution < -0.4 is 5.73 Å². The summed E-state index contributed by atoms with van der Waals surface area (Å²) in [5.74, 6) is 0.887. The van der Waals surface area contributed by atoms with Gasteiger partial charge in [0.25, 0.3) is 0 Å². The summed E-state index contributed by atoms with van der Waals surface area (Å²) < 4.78 is 0. The molecule has 0 rings (SSSR count). The predicted octanol–water partition coefficient (Wildman–Crippen LogP) is 5.45. The highest BCUT2D eigenvalue weighted by Gasteiger charge is 1.95. The highest BCUT2D eigenvalue weighted by molar-refractivity contribution is 4.81. The molecule has 0 aliphatic carbocycles. The molecule has 0 radical (unpaired) electrons. The second kappa shape index (κ2) is 14.8. The monoisotopic (exact) mass is 253 g/mol. The summed E-state index contributed by atoms with van der Waals surface area (Å²) in [5.41, 5.74) is 5.39. The molecule has 0 unspecified atom stereocenters. The van der Waals surface area contributed by atoms with E-state index < -0.39 is 0 Å². The first-order valence-electron chi connectivity index (χ1n) is 8.12. The molecule has 1 heteroatoms. The molecule has 108 valence electrons. The molecule has 0 fully saturated rings. The van der Waals surface area contributed by atoms with Crippen molar-refractivity contribution in [3.05, 3.63) is 12.2 Å². The molecule has 0 aromatic heterocycles. The van der Waals surface area contributed by atoms with Crippen LogP contribution in [0.15, 0.2) is 12.2 Å². The van der Waals surface area contributed by atoms with Crippen LogP contribution in [0, 0.1) is 5.92 Å². The lowest BCUT2D eigenvalue weighted by Crippen LogP contribution is -1.91. The zero-order valence-corrected chi connectivity index (χ0v) is 12.8. The Bertz CT molecular complexity index is 172. The van der Waals surface area contributed by atoms with Gasteiger partial charge in [-0.3, -0.25) is 0 Å². The number of rotatable bonds is 13. The number of allylic oxidation sites excluding steroid dienone is 1. The Kier molecular flexibility index (Phi) is 14.5. The minimum atomic E-state index is 0.691. The number of nitrogens with two attached hydrogens (primary N) is 1. The normalized spacial score (nSPS) is 11.8. The van der Waals surface area contributed by atoms with Crippen LogP contribution in [-0.4, -0.2) is 6.54 Å². The Morgan fingerprint density at radius 1 is 0.722 bits per heavy atom. The van der Waals surface area contributed by atoms with E-state index in [0.29, 0.717) is 6.54 Å². The van der Waals surface area contributed by atoms with Crippen molar-refractivity contribution in [1.82, 2.24) is 0 Å². The summed E-state index contributed by atoms with van der Waals surface area (Å²) in [6, 6.07) is 0. The Morgan fingerprint density at radius 2 is 1.22 bits per heavy atom. The maximum atomic E-state index is 5.39. The molecular formula is C17H35N. The standard InChI is InChI=1S/C17H35N/c1-17(2)15-13-11-9-7-5-3-4-6-8-10-12-14-16-18/h12,14,17H,3-11,13,15-16,18H2,1-2H3. The molecule has 0 saturated carbocycles. The van der Waals surface area contributed by atoms with Gasteiger partial charge in [-0.2, -0.15) is 0 Å². The van der Waals surface area contributed by atoms with Crippen LogP contribution >= 0.6 is 0 Å². The van der Waals surface area contributed by atoms with Crippen LogP contribution in [0.2, 0.25) is 0 Å². The summed E-state index contributed by atoms with van der Waals surface area (Å²) in [6.45, 7) is 5.34. The molecule has 0 amide bonds. The van der Waals surface area contributed by atoms with Crippen molar-refractivity contribution < 1.29 is 0 Å². The summed E-state index contributed by atoms with van der Waals surface area (Å²) in [7, 11) is 0. The third-order valence-corrected chi connectivity index (χ3v) is 3.46. The van der Waals surface area contributed by atoms with Crippen molar-refractivity contribution in [1.29, 1.82) is 0 Å². The molecule has 0 aromatic carbocycles. The second-order valence-electron chi connectivity index (χ2n) is 5.86. The van der Waals surface area contributed by atoms with Crippen LogP contribution in [0.3, 0.4) is 0 Å². The average Bonchev–Trinajstić information content (AvgIpc) is 2.34. The zero-order valence-electron chi connectivity index (χ0n) is 12.8. The first kappa shape index (κ1) is 17.7. The van der Waals surface area contributed by atoms with Gasteiger partial charge in [0.15, 0.2) is 0 Å². The fraction of sp³-hybridized carbons (Fsp3) is 0.882. The fourth-order valence-corrected chi connectivity index (χ4v) is 2.27. The van der Waals surface area contributed by atoms with E-state index in [-0.39, 0.29) is 0 Å². The van der Waals surface area contributed by atoms with Gasteiger partial charge in [0, 0.05) is 6.54 Å². The zero-order chi connectivity index (χ0) is 13.5. The van der Waals surface area contributed by atoms with E-state index in [9.17, 15) is 0 Å². The van der Waals surface area contributed by atoms with E-state index in [0.717, 1.165) is 5.92 Å². The smallest absolute Gasteiger partial charge is 0.0106 e. The summed E-state index contributed by atoms with van der Waals surface area (Å²) in [5, 5.41) is 0. The molecule has 0 spiro atoms. The molecule has 0 aliphatic rings. The van der Waals surface area contributed by atoms with E-state index in [4.69, 9.17) is 5.73 Å². The third-order valence-electron chi connectivity index (χ3n) is 3.46. The summed E-state index contributed by atoms with van der Waals surface area (Å²) in [6.07, 6.45) is 19.7. The minimum absolute atomic E-state index is 0.691. The fourth-order valence-electron chi connectivity index (χ4n) is 2.27. The van der Waals surface area contributed by atoms with Crippen LogP contribution in [-0.2, 0) is 0 Å². The van der Waals surface area contributed by atoms with Crippen LogP contribution in [0.25, 0.3) is 0 Å². The SMILES string of the molecule is CC(C)CCCCCCCCCCCC=CCN. The maximum absolute atomic E-state index is 5.39. The van der Waals surface area contributed by atoms with Crippen molar-refractivity contribution in [2.75, 3.05) is 6.54 Å². The Balaban J connectivity index is 2.97. The Hall–Kier alpha value is -0.300. The molecule has 1 nitrogen and oxygen atoms in total. The Morgan fingerprint density at radius 3 is 1.72 bits per heavy atom. The second-order valence-corrected chi connectivity index (χ2v) is 5.86. The van der Waals surface area contributed by atoms with Crippen LogP contribution in [0.5, 0.6) is 0 Å². The first-order valence-corrected chi connectivity index (χ1v) is 8.12. The van der Waals surface area contributed by atoms with Gasteiger partial charge in [0.1, 0.15) is 0 Å². The van der Waals surface area contributed by atoms with Gasteiger partial charge in [-0.05, 0) is 18.8 Å². The molecule has 2 N–H and O–H groups in total. The van der Waals surface area contributed by atoms with E-state index >= 15 is 0 Å². The summed E-state index contributed by atoms with van der Waals surface area (Å²) in [4.78, 5) is 0. The maximum Gasteiger partial charge on any atom is 0.0106 e. The summed E-state index contributed by atoms with van der Waals surface area (Å²) >= 11 is 0. The van der Waals surface area contributed by atoms with Crippen molar-refractivity contribution in [3.63, 3.8) is 0 Å². The largest absolute Gasteiger partial charge is 0.327 e. The van der Waals surface area contributed by atoms with E-state index in [1.54, 1.807) is 0 Å².